The number of carbonyl (C=O) groups is 1. The number of nitrogens with zero attached hydrogens (tertiary/aromatic N) is 1. The van der Waals surface area contributed by atoms with Gasteiger partial charge in [-0.3, -0.25) is 9.89 Å². The molecule has 1 aliphatic heterocycles. The molecule has 1 saturated carbocycles. The first-order valence-electron chi connectivity index (χ1n) is 5.97. The lowest BCUT2D eigenvalue weighted by Crippen LogP contribution is -2.41. The Bertz CT molecular complexity index is 427. The lowest BCUT2D eigenvalue weighted by molar-refractivity contribution is 0.0727. The summed E-state index contributed by atoms with van der Waals surface area (Å²) in [4.78, 5) is 12.0. The summed E-state index contributed by atoms with van der Waals surface area (Å²) in [5.74, 6) is 0.433. The van der Waals surface area contributed by atoms with Gasteiger partial charge in [-0.05, 0) is 25.2 Å². The first-order valence-corrected chi connectivity index (χ1v) is 5.97. The van der Waals surface area contributed by atoms with Crippen molar-refractivity contribution in [2.45, 2.75) is 31.4 Å². The number of H-pyrrole nitrogens is 1. The van der Waals surface area contributed by atoms with E-state index >= 15 is 0 Å². The number of hydrogen-bond acceptors (Lipinski definition) is 4. The number of aromatic amines is 1. The van der Waals surface area contributed by atoms with Gasteiger partial charge < -0.3 is 15.8 Å². The Morgan fingerprint density at radius 1 is 1.53 bits per heavy atom. The molecule has 1 aliphatic carbocycles. The van der Waals surface area contributed by atoms with Gasteiger partial charge in [-0.15, -0.1) is 0 Å². The largest absolute Gasteiger partial charge is 0.396 e. The van der Waals surface area contributed by atoms with Crippen LogP contribution in [-0.4, -0.2) is 34.9 Å². The predicted octanol–water partition coefficient (Wildman–Crippen LogP) is 0.289. The summed E-state index contributed by atoms with van der Waals surface area (Å²) in [6, 6.07) is 0.109. The second-order valence-corrected chi connectivity index (χ2v) is 4.74. The van der Waals surface area contributed by atoms with E-state index in [1.165, 1.54) is 19.0 Å². The van der Waals surface area contributed by atoms with Crippen molar-refractivity contribution in [1.82, 2.24) is 15.5 Å². The molecule has 2 heterocycles. The number of carbonyl (C=O) groups excluding carboxylic acids is 1. The van der Waals surface area contributed by atoms with E-state index < -0.39 is 0 Å². The quantitative estimate of drug-likeness (QED) is 0.703. The molecule has 2 atom stereocenters. The summed E-state index contributed by atoms with van der Waals surface area (Å²) >= 11 is 0. The zero-order chi connectivity index (χ0) is 11.8. The highest BCUT2D eigenvalue weighted by Crippen LogP contribution is 2.38. The number of anilines is 1. The number of nitrogens with two attached hydrogens (primary N) is 1. The third-order valence-corrected chi connectivity index (χ3v) is 3.43. The highest BCUT2D eigenvalue weighted by molar-refractivity contribution is 5.97. The molecule has 0 spiro atoms. The Kier molecular flexibility index (Phi) is 2.51. The highest BCUT2D eigenvalue weighted by atomic mass is 16.5. The first-order chi connectivity index (χ1) is 8.25. The molecule has 92 valence electrons. The van der Waals surface area contributed by atoms with Crippen LogP contribution in [0.4, 0.5) is 5.69 Å². The van der Waals surface area contributed by atoms with E-state index in [-0.39, 0.29) is 18.1 Å². The molecule has 2 fully saturated rings. The van der Waals surface area contributed by atoms with Gasteiger partial charge in [0.1, 0.15) is 5.69 Å². The van der Waals surface area contributed by atoms with Crippen LogP contribution in [-0.2, 0) is 4.74 Å². The number of aromatic nitrogens is 2. The number of hydrogen-bond donors (Lipinski definition) is 3. The van der Waals surface area contributed by atoms with E-state index in [1.54, 1.807) is 0 Å². The van der Waals surface area contributed by atoms with Crippen LogP contribution in [0.5, 0.6) is 0 Å². The minimum absolute atomic E-state index is 0.109. The van der Waals surface area contributed by atoms with Crippen molar-refractivity contribution in [3.63, 3.8) is 0 Å². The standard InChI is InChI=1S/C11H16N4O2/c12-7-5-13-15-9(7)11(16)14-8-3-4-17-10(8)6-1-2-6/h5-6,8,10H,1-4,12H2,(H,13,15)(H,14,16). The lowest BCUT2D eigenvalue weighted by atomic mass is 10.1. The fraction of sp³-hybridized carbons (Fsp3) is 0.636. The van der Waals surface area contributed by atoms with E-state index in [1.807, 2.05) is 0 Å². The number of nitrogens with one attached hydrogen (secondary N) is 2. The first kappa shape index (κ1) is 10.6. The van der Waals surface area contributed by atoms with Gasteiger partial charge in [0.15, 0.2) is 0 Å². The van der Waals surface area contributed by atoms with Crippen LogP contribution in [0.25, 0.3) is 0 Å². The van der Waals surface area contributed by atoms with Gasteiger partial charge in [0.05, 0.1) is 24.0 Å². The summed E-state index contributed by atoms with van der Waals surface area (Å²) in [5.41, 5.74) is 6.36. The number of amides is 1. The van der Waals surface area contributed by atoms with Crippen molar-refractivity contribution < 1.29 is 9.53 Å². The van der Waals surface area contributed by atoms with Crippen molar-refractivity contribution in [3.8, 4) is 0 Å². The Balaban J connectivity index is 1.66. The average molecular weight is 236 g/mol. The van der Waals surface area contributed by atoms with Crippen LogP contribution in [0.15, 0.2) is 6.20 Å². The van der Waals surface area contributed by atoms with Crippen LogP contribution in [0, 0.1) is 5.92 Å². The summed E-state index contributed by atoms with van der Waals surface area (Å²) < 4.78 is 5.67. The summed E-state index contributed by atoms with van der Waals surface area (Å²) in [5, 5.41) is 9.33. The molecule has 2 aliphatic rings. The predicted molar refractivity (Wildman–Crippen MR) is 61.3 cm³/mol. The Labute approximate surface area is 98.9 Å². The second-order valence-electron chi connectivity index (χ2n) is 4.74. The van der Waals surface area contributed by atoms with E-state index in [2.05, 4.69) is 15.5 Å². The van der Waals surface area contributed by atoms with Crippen LogP contribution < -0.4 is 11.1 Å². The van der Waals surface area contributed by atoms with Crippen LogP contribution in [0.1, 0.15) is 29.8 Å². The van der Waals surface area contributed by atoms with Crippen LogP contribution in [0.3, 0.4) is 0 Å². The van der Waals surface area contributed by atoms with E-state index in [4.69, 9.17) is 10.5 Å². The molecule has 0 bridgehead atoms. The molecule has 6 heteroatoms. The summed E-state index contributed by atoms with van der Waals surface area (Å²) in [6.07, 6.45) is 4.93. The molecule has 6 nitrogen and oxygen atoms in total. The molecule has 2 unspecified atom stereocenters. The van der Waals surface area contributed by atoms with Crippen LogP contribution >= 0.6 is 0 Å². The molecule has 4 N–H and O–H groups in total. The minimum atomic E-state index is -0.193. The zero-order valence-electron chi connectivity index (χ0n) is 9.48. The normalized spacial score (nSPS) is 28.2. The third kappa shape index (κ3) is 2.00. The third-order valence-electron chi connectivity index (χ3n) is 3.43. The lowest BCUT2D eigenvalue weighted by Gasteiger charge is -2.19. The Morgan fingerprint density at radius 3 is 3.00 bits per heavy atom. The number of rotatable bonds is 3. The fourth-order valence-electron chi connectivity index (χ4n) is 2.37. The van der Waals surface area contributed by atoms with Gasteiger partial charge in [0, 0.05) is 6.61 Å². The number of ether oxygens (including phenoxy) is 1. The van der Waals surface area contributed by atoms with E-state index in [0.29, 0.717) is 17.3 Å². The number of nitrogen functional groups attached to an aromatic ring is 1. The average Bonchev–Trinajstić information content (AvgIpc) is 2.89. The van der Waals surface area contributed by atoms with Gasteiger partial charge in [-0.25, -0.2) is 0 Å². The maximum Gasteiger partial charge on any atom is 0.271 e. The maximum atomic E-state index is 12.0. The topological polar surface area (TPSA) is 93.0 Å². The molecule has 1 amide bonds. The van der Waals surface area contributed by atoms with Gasteiger partial charge >= 0.3 is 0 Å². The Hall–Kier alpha value is -1.56. The van der Waals surface area contributed by atoms with E-state index in [0.717, 1.165) is 13.0 Å². The molecule has 3 rings (SSSR count). The van der Waals surface area contributed by atoms with E-state index in [9.17, 15) is 4.79 Å². The van der Waals surface area contributed by atoms with Crippen molar-refractivity contribution in [2.24, 2.45) is 5.92 Å². The molecule has 0 radical (unpaired) electrons. The smallest absolute Gasteiger partial charge is 0.271 e. The molecule has 1 aromatic rings. The van der Waals surface area contributed by atoms with Gasteiger partial charge in [-0.1, -0.05) is 0 Å². The van der Waals surface area contributed by atoms with Crippen LogP contribution in [0.2, 0.25) is 0 Å². The zero-order valence-corrected chi connectivity index (χ0v) is 9.48. The Morgan fingerprint density at radius 2 is 2.35 bits per heavy atom. The fourth-order valence-corrected chi connectivity index (χ4v) is 2.37. The molecule has 1 saturated heterocycles. The van der Waals surface area contributed by atoms with Gasteiger partial charge in [0.2, 0.25) is 0 Å². The molecular weight excluding hydrogens is 220 g/mol. The SMILES string of the molecule is Nc1cn[nH]c1C(=O)NC1CCOC1C1CC1. The summed E-state index contributed by atoms with van der Waals surface area (Å²) in [6.45, 7) is 0.727. The van der Waals surface area contributed by atoms with Crippen molar-refractivity contribution in [3.05, 3.63) is 11.9 Å². The monoisotopic (exact) mass is 236 g/mol. The second kappa shape index (κ2) is 4.03. The highest BCUT2D eigenvalue weighted by Gasteiger charge is 2.41. The van der Waals surface area contributed by atoms with Gasteiger partial charge in [0.25, 0.3) is 5.91 Å². The summed E-state index contributed by atoms with van der Waals surface area (Å²) in [7, 11) is 0. The molecule has 0 aromatic carbocycles. The maximum absolute atomic E-state index is 12.0. The van der Waals surface area contributed by atoms with Gasteiger partial charge in [-0.2, -0.15) is 5.10 Å². The van der Waals surface area contributed by atoms with Crippen molar-refractivity contribution in [2.75, 3.05) is 12.3 Å². The molecular formula is C11H16N4O2. The van der Waals surface area contributed by atoms with Crippen molar-refractivity contribution in [1.29, 1.82) is 0 Å². The van der Waals surface area contributed by atoms with Crippen molar-refractivity contribution >= 4 is 11.6 Å². The minimum Gasteiger partial charge on any atom is -0.396 e. The molecule has 1 aromatic heterocycles. The molecule has 17 heavy (non-hydrogen) atoms.